The third-order valence-electron chi connectivity index (χ3n) is 3.02. The van der Waals surface area contributed by atoms with Crippen LogP contribution < -0.4 is 10.6 Å². The Kier molecular flexibility index (Phi) is 3.99. The van der Waals surface area contributed by atoms with Gasteiger partial charge in [-0.1, -0.05) is 0 Å². The van der Waals surface area contributed by atoms with Crippen LogP contribution in [0.1, 0.15) is 22.4 Å². The summed E-state index contributed by atoms with van der Waals surface area (Å²) in [7, 11) is 2.07. The zero-order valence-corrected chi connectivity index (χ0v) is 11.9. The number of pyridine rings is 1. The van der Waals surface area contributed by atoms with E-state index in [2.05, 4.69) is 46.7 Å². The molecular weight excluding hydrogens is 242 g/mol. The number of rotatable bonds is 4. The van der Waals surface area contributed by atoms with E-state index in [-0.39, 0.29) is 0 Å². The molecule has 0 atom stereocenters. The summed E-state index contributed by atoms with van der Waals surface area (Å²) >= 11 is 1.72. The SMILES string of the molecule is Cc1cc(C)c(CN)c(N(C)Cc2ccsc2)n1. The molecule has 2 aromatic rings. The predicted molar refractivity (Wildman–Crippen MR) is 78.0 cm³/mol. The molecule has 0 saturated heterocycles. The van der Waals surface area contributed by atoms with Crippen molar-refractivity contribution in [2.24, 2.45) is 5.73 Å². The Morgan fingerprint density at radius 1 is 1.39 bits per heavy atom. The molecule has 0 aromatic carbocycles. The average Bonchev–Trinajstić information content (AvgIpc) is 2.80. The summed E-state index contributed by atoms with van der Waals surface area (Å²) in [5, 5.41) is 4.27. The highest BCUT2D eigenvalue weighted by Crippen LogP contribution is 2.23. The fraction of sp³-hybridized carbons (Fsp3) is 0.357. The molecule has 4 heteroatoms. The Labute approximate surface area is 112 Å². The molecule has 0 amide bonds. The molecule has 2 N–H and O–H groups in total. The maximum Gasteiger partial charge on any atom is 0.133 e. The van der Waals surface area contributed by atoms with Gasteiger partial charge in [-0.3, -0.25) is 0 Å². The van der Waals surface area contributed by atoms with Crippen LogP contribution in [0.15, 0.2) is 22.9 Å². The molecule has 0 spiro atoms. The van der Waals surface area contributed by atoms with Gasteiger partial charge >= 0.3 is 0 Å². The van der Waals surface area contributed by atoms with Crippen LogP contribution in [0.25, 0.3) is 0 Å². The van der Waals surface area contributed by atoms with E-state index in [1.165, 1.54) is 11.1 Å². The highest BCUT2D eigenvalue weighted by atomic mass is 32.1. The van der Waals surface area contributed by atoms with Crippen molar-refractivity contribution in [3.63, 3.8) is 0 Å². The minimum atomic E-state index is 0.530. The highest BCUT2D eigenvalue weighted by molar-refractivity contribution is 7.07. The van der Waals surface area contributed by atoms with E-state index in [0.29, 0.717) is 6.54 Å². The molecule has 0 saturated carbocycles. The molecule has 0 bridgehead atoms. The third-order valence-corrected chi connectivity index (χ3v) is 3.75. The molecule has 96 valence electrons. The van der Waals surface area contributed by atoms with Crippen LogP contribution in [-0.4, -0.2) is 12.0 Å². The van der Waals surface area contributed by atoms with Crippen LogP contribution in [0.4, 0.5) is 5.82 Å². The molecule has 0 unspecified atom stereocenters. The normalized spacial score (nSPS) is 10.7. The first-order chi connectivity index (χ1) is 8.61. The van der Waals surface area contributed by atoms with Crippen LogP contribution >= 0.6 is 11.3 Å². The van der Waals surface area contributed by atoms with Gasteiger partial charge < -0.3 is 10.6 Å². The summed E-state index contributed by atoms with van der Waals surface area (Å²) in [6.07, 6.45) is 0. The minimum absolute atomic E-state index is 0.530. The van der Waals surface area contributed by atoms with Crippen LogP contribution in [0.2, 0.25) is 0 Å². The molecule has 2 heterocycles. The molecule has 2 aromatic heterocycles. The molecule has 2 rings (SSSR count). The van der Waals surface area contributed by atoms with Crippen molar-refractivity contribution in [2.75, 3.05) is 11.9 Å². The Morgan fingerprint density at radius 2 is 2.17 bits per heavy atom. The van der Waals surface area contributed by atoms with E-state index in [9.17, 15) is 0 Å². The van der Waals surface area contributed by atoms with E-state index in [0.717, 1.165) is 23.6 Å². The lowest BCUT2D eigenvalue weighted by molar-refractivity contribution is 0.867. The van der Waals surface area contributed by atoms with Gasteiger partial charge in [-0.2, -0.15) is 11.3 Å². The summed E-state index contributed by atoms with van der Waals surface area (Å²) in [6, 6.07) is 4.23. The Balaban J connectivity index is 2.31. The van der Waals surface area contributed by atoms with Gasteiger partial charge in [-0.05, 0) is 47.9 Å². The number of hydrogen-bond acceptors (Lipinski definition) is 4. The highest BCUT2D eigenvalue weighted by Gasteiger charge is 2.12. The van der Waals surface area contributed by atoms with Crippen molar-refractivity contribution in [3.05, 3.63) is 45.3 Å². The number of nitrogens with zero attached hydrogens (tertiary/aromatic N) is 2. The summed E-state index contributed by atoms with van der Waals surface area (Å²) in [5.41, 5.74) is 10.6. The zero-order valence-electron chi connectivity index (χ0n) is 11.1. The lowest BCUT2D eigenvalue weighted by Crippen LogP contribution is -2.21. The topological polar surface area (TPSA) is 42.1 Å². The van der Waals surface area contributed by atoms with Gasteiger partial charge in [-0.25, -0.2) is 4.98 Å². The zero-order chi connectivity index (χ0) is 13.1. The van der Waals surface area contributed by atoms with Gasteiger partial charge in [-0.15, -0.1) is 0 Å². The van der Waals surface area contributed by atoms with E-state index in [1.54, 1.807) is 11.3 Å². The van der Waals surface area contributed by atoms with Gasteiger partial charge in [0.1, 0.15) is 5.82 Å². The number of hydrogen-bond donors (Lipinski definition) is 1. The summed E-state index contributed by atoms with van der Waals surface area (Å²) in [6.45, 7) is 5.52. The lowest BCUT2D eigenvalue weighted by Gasteiger charge is -2.22. The van der Waals surface area contributed by atoms with E-state index in [4.69, 9.17) is 5.73 Å². The Hall–Kier alpha value is -1.39. The van der Waals surface area contributed by atoms with Crippen LogP contribution in [0.5, 0.6) is 0 Å². The second-order valence-corrected chi connectivity index (χ2v) is 5.35. The molecule has 3 nitrogen and oxygen atoms in total. The monoisotopic (exact) mass is 261 g/mol. The molecule has 0 aliphatic carbocycles. The van der Waals surface area contributed by atoms with Crippen molar-refractivity contribution >= 4 is 17.2 Å². The maximum absolute atomic E-state index is 5.85. The number of thiophene rings is 1. The van der Waals surface area contributed by atoms with E-state index in [1.807, 2.05) is 6.92 Å². The molecule has 0 aliphatic heterocycles. The molecule has 0 aliphatic rings. The fourth-order valence-corrected chi connectivity index (χ4v) is 2.80. The predicted octanol–water partition coefficient (Wildman–Crippen LogP) is 2.86. The maximum atomic E-state index is 5.85. The first kappa shape index (κ1) is 13.1. The first-order valence-corrected chi connectivity index (χ1v) is 6.95. The average molecular weight is 261 g/mol. The van der Waals surface area contributed by atoms with Gasteiger partial charge in [0.2, 0.25) is 0 Å². The number of aryl methyl sites for hydroxylation is 2. The summed E-state index contributed by atoms with van der Waals surface area (Å²) in [4.78, 5) is 6.81. The quantitative estimate of drug-likeness (QED) is 0.920. The number of anilines is 1. The van der Waals surface area contributed by atoms with Gasteiger partial charge in [0, 0.05) is 31.4 Å². The molecule has 0 fully saturated rings. The molecule has 18 heavy (non-hydrogen) atoms. The third kappa shape index (κ3) is 2.71. The number of aromatic nitrogens is 1. The summed E-state index contributed by atoms with van der Waals surface area (Å²) in [5.74, 6) is 1.00. The van der Waals surface area contributed by atoms with Gasteiger partial charge in [0.25, 0.3) is 0 Å². The van der Waals surface area contributed by atoms with Crippen LogP contribution in [0, 0.1) is 13.8 Å². The van der Waals surface area contributed by atoms with Crippen molar-refractivity contribution in [3.8, 4) is 0 Å². The molecular formula is C14H19N3S. The fourth-order valence-electron chi connectivity index (χ4n) is 2.14. The van der Waals surface area contributed by atoms with E-state index >= 15 is 0 Å². The Bertz CT molecular complexity index is 520. The minimum Gasteiger partial charge on any atom is -0.355 e. The van der Waals surface area contributed by atoms with Gasteiger partial charge in [0.05, 0.1) is 0 Å². The van der Waals surface area contributed by atoms with Crippen LogP contribution in [0.3, 0.4) is 0 Å². The van der Waals surface area contributed by atoms with Gasteiger partial charge in [0.15, 0.2) is 0 Å². The van der Waals surface area contributed by atoms with Crippen molar-refractivity contribution in [2.45, 2.75) is 26.9 Å². The lowest BCUT2D eigenvalue weighted by atomic mass is 10.1. The molecule has 0 radical (unpaired) electrons. The largest absolute Gasteiger partial charge is 0.355 e. The number of nitrogens with two attached hydrogens (primary N) is 1. The van der Waals surface area contributed by atoms with Crippen molar-refractivity contribution in [1.82, 2.24) is 4.98 Å². The van der Waals surface area contributed by atoms with Crippen LogP contribution in [-0.2, 0) is 13.1 Å². The summed E-state index contributed by atoms with van der Waals surface area (Å²) < 4.78 is 0. The first-order valence-electron chi connectivity index (χ1n) is 6.01. The Morgan fingerprint density at radius 3 is 2.78 bits per heavy atom. The second kappa shape index (κ2) is 5.50. The smallest absolute Gasteiger partial charge is 0.133 e. The standard InChI is InChI=1S/C14H19N3S/c1-10-6-11(2)16-14(13(10)7-15)17(3)8-12-4-5-18-9-12/h4-6,9H,7-8,15H2,1-3H3. The van der Waals surface area contributed by atoms with E-state index < -0.39 is 0 Å². The second-order valence-electron chi connectivity index (χ2n) is 4.57. The van der Waals surface area contributed by atoms with Crippen molar-refractivity contribution < 1.29 is 0 Å². The van der Waals surface area contributed by atoms with Crippen molar-refractivity contribution in [1.29, 1.82) is 0 Å².